The summed E-state index contributed by atoms with van der Waals surface area (Å²) in [4.78, 5) is 32.5. The van der Waals surface area contributed by atoms with E-state index in [2.05, 4.69) is 17.5 Å². The molecule has 5 heteroatoms. The number of carbonyl (C=O) groups excluding carboxylic acids is 2. The summed E-state index contributed by atoms with van der Waals surface area (Å²) in [6.07, 6.45) is 4.77. The summed E-state index contributed by atoms with van der Waals surface area (Å²) < 4.78 is 5.65. The normalized spacial score (nSPS) is 14.2. The first-order valence-electron chi connectivity index (χ1n) is 11.9. The Bertz CT molecular complexity index is 1480. The molecule has 0 saturated carbocycles. The van der Waals surface area contributed by atoms with Gasteiger partial charge in [0.2, 0.25) is 5.78 Å². The van der Waals surface area contributed by atoms with Crippen LogP contribution in [0.3, 0.4) is 0 Å². The van der Waals surface area contributed by atoms with Crippen molar-refractivity contribution in [1.82, 2.24) is 4.98 Å². The van der Waals surface area contributed by atoms with E-state index in [-0.39, 0.29) is 12.4 Å². The second-order valence-electron chi connectivity index (χ2n) is 9.12. The van der Waals surface area contributed by atoms with Crippen LogP contribution in [0.2, 0.25) is 0 Å². The number of para-hydroxylation sites is 1. The summed E-state index contributed by atoms with van der Waals surface area (Å²) in [5.74, 6) is -0.656. The molecule has 35 heavy (non-hydrogen) atoms. The molecule has 4 nitrogen and oxygen atoms in total. The third-order valence-corrected chi connectivity index (χ3v) is 7.53. The van der Waals surface area contributed by atoms with Crippen molar-refractivity contribution in [2.45, 2.75) is 40.0 Å². The average Bonchev–Trinajstić information content (AvgIpc) is 3.36. The molecule has 0 radical (unpaired) electrons. The predicted molar refractivity (Wildman–Crippen MR) is 142 cm³/mol. The summed E-state index contributed by atoms with van der Waals surface area (Å²) in [6, 6.07) is 15.7. The lowest BCUT2D eigenvalue weighted by Gasteiger charge is -2.22. The fourth-order valence-corrected chi connectivity index (χ4v) is 5.48. The SMILES string of the molecule is Cc1cc(C)c(C(=O)COC(=O)c2c3c(nc4ccccc24)C(=Cc2cccs2)CCC3)cc1C. The van der Waals surface area contributed by atoms with Crippen LogP contribution in [0.1, 0.15) is 66.4 Å². The van der Waals surface area contributed by atoms with Crippen LogP contribution < -0.4 is 0 Å². The van der Waals surface area contributed by atoms with Gasteiger partial charge in [-0.1, -0.05) is 30.3 Å². The van der Waals surface area contributed by atoms with E-state index in [1.54, 1.807) is 11.3 Å². The van der Waals surface area contributed by atoms with Crippen LogP contribution in [0.4, 0.5) is 0 Å². The van der Waals surface area contributed by atoms with E-state index < -0.39 is 5.97 Å². The van der Waals surface area contributed by atoms with Crippen molar-refractivity contribution in [3.8, 4) is 0 Å². The molecule has 0 fully saturated rings. The number of benzene rings is 2. The molecule has 1 aliphatic carbocycles. The van der Waals surface area contributed by atoms with Gasteiger partial charge in [0.1, 0.15) is 0 Å². The molecule has 176 valence electrons. The van der Waals surface area contributed by atoms with Gasteiger partial charge >= 0.3 is 5.97 Å². The lowest BCUT2D eigenvalue weighted by molar-refractivity contribution is 0.0475. The largest absolute Gasteiger partial charge is 0.454 e. The summed E-state index contributed by atoms with van der Waals surface area (Å²) >= 11 is 1.68. The minimum Gasteiger partial charge on any atom is -0.454 e. The fraction of sp³-hybridized carbons (Fsp3) is 0.233. The van der Waals surface area contributed by atoms with Gasteiger partial charge < -0.3 is 4.74 Å². The van der Waals surface area contributed by atoms with Gasteiger partial charge in [-0.25, -0.2) is 9.78 Å². The van der Waals surface area contributed by atoms with E-state index in [1.807, 2.05) is 63.2 Å². The average molecular weight is 482 g/mol. The van der Waals surface area contributed by atoms with E-state index >= 15 is 0 Å². The number of aryl methyl sites for hydroxylation is 3. The summed E-state index contributed by atoms with van der Waals surface area (Å²) in [7, 11) is 0. The van der Waals surface area contributed by atoms with Crippen molar-refractivity contribution < 1.29 is 14.3 Å². The van der Waals surface area contributed by atoms with Gasteiger partial charge in [-0.3, -0.25) is 4.79 Å². The van der Waals surface area contributed by atoms with Crippen molar-refractivity contribution in [1.29, 1.82) is 0 Å². The molecule has 0 atom stereocenters. The molecule has 0 bridgehead atoms. The van der Waals surface area contributed by atoms with E-state index in [1.165, 1.54) is 4.88 Å². The number of esters is 1. The van der Waals surface area contributed by atoms with E-state index in [4.69, 9.17) is 9.72 Å². The highest BCUT2D eigenvalue weighted by Gasteiger charge is 2.26. The van der Waals surface area contributed by atoms with Crippen LogP contribution in [-0.2, 0) is 11.2 Å². The highest BCUT2D eigenvalue weighted by molar-refractivity contribution is 7.10. The zero-order valence-electron chi connectivity index (χ0n) is 20.2. The van der Waals surface area contributed by atoms with Crippen molar-refractivity contribution >= 4 is 45.6 Å². The quantitative estimate of drug-likeness (QED) is 0.225. The van der Waals surface area contributed by atoms with Gasteiger partial charge in [0.25, 0.3) is 0 Å². The molecule has 2 aromatic carbocycles. The van der Waals surface area contributed by atoms with Crippen LogP contribution >= 0.6 is 11.3 Å². The maximum atomic E-state index is 13.5. The van der Waals surface area contributed by atoms with E-state index in [0.29, 0.717) is 11.1 Å². The summed E-state index contributed by atoms with van der Waals surface area (Å²) in [5.41, 5.74) is 7.88. The van der Waals surface area contributed by atoms with Crippen LogP contribution in [0.5, 0.6) is 0 Å². The third-order valence-electron chi connectivity index (χ3n) is 6.71. The molecule has 2 aromatic heterocycles. The smallest absolute Gasteiger partial charge is 0.339 e. The maximum Gasteiger partial charge on any atom is 0.339 e. The Morgan fingerprint density at radius 2 is 1.80 bits per heavy atom. The van der Waals surface area contributed by atoms with Gasteiger partial charge in [-0.15, -0.1) is 11.3 Å². The first-order valence-corrected chi connectivity index (χ1v) is 12.7. The van der Waals surface area contributed by atoms with Crippen molar-refractivity contribution in [3.05, 3.63) is 97.9 Å². The minimum absolute atomic E-state index is 0.190. The number of rotatable bonds is 5. The molecular weight excluding hydrogens is 454 g/mol. The first kappa shape index (κ1) is 23.2. The van der Waals surface area contributed by atoms with Crippen LogP contribution in [-0.4, -0.2) is 23.3 Å². The molecule has 5 rings (SSSR count). The Hall–Kier alpha value is -3.57. The Balaban J connectivity index is 1.51. The van der Waals surface area contributed by atoms with Crippen LogP contribution in [0, 0.1) is 20.8 Å². The van der Waals surface area contributed by atoms with Gasteiger partial charge in [0.15, 0.2) is 6.61 Å². The molecule has 0 spiro atoms. The first-order chi connectivity index (χ1) is 16.9. The lowest BCUT2D eigenvalue weighted by Crippen LogP contribution is -2.19. The molecule has 0 unspecified atom stereocenters. The van der Waals surface area contributed by atoms with Gasteiger partial charge in [-0.05, 0) is 97.5 Å². The summed E-state index contributed by atoms with van der Waals surface area (Å²) in [5, 5.41) is 2.82. The molecule has 0 N–H and O–H groups in total. The second kappa shape index (κ2) is 9.59. The van der Waals surface area contributed by atoms with Crippen molar-refractivity contribution in [2.75, 3.05) is 6.61 Å². The minimum atomic E-state index is -0.466. The number of aromatic nitrogens is 1. The molecule has 1 aliphatic rings. The second-order valence-corrected chi connectivity index (χ2v) is 10.1. The molecule has 0 amide bonds. The Morgan fingerprint density at radius 1 is 1.00 bits per heavy atom. The number of ether oxygens (including phenoxy) is 1. The monoisotopic (exact) mass is 481 g/mol. The summed E-state index contributed by atoms with van der Waals surface area (Å²) in [6.45, 7) is 5.63. The standard InChI is InChI=1S/C30H27NO3S/c1-18-14-20(3)25(15-19(18)2)27(32)17-34-30(33)28-23-10-4-5-12-26(23)31-29-21(8-6-11-24(28)29)16-22-9-7-13-35-22/h4-5,7,9-10,12-16H,6,8,11,17H2,1-3H3. The fourth-order valence-electron chi connectivity index (χ4n) is 4.80. The molecular formula is C30H27NO3S. The highest BCUT2D eigenvalue weighted by Crippen LogP contribution is 2.37. The van der Waals surface area contributed by atoms with Gasteiger partial charge in [0, 0.05) is 15.8 Å². The zero-order valence-corrected chi connectivity index (χ0v) is 21.0. The predicted octanol–water partition coefficient (Wildman–Crippen LogP) is 7.14. The Kier molecular flexibility index (Phi) is 6.35. The number of pyridine rings is 1. The molecule has 2 heterocycles. The molecule has 0 saturated heterocycles. The lowest BCUT2D eigenvalue weighted by atomic mass is 9.86. The third kappa shape index (κ3) is 4.56. The van der Waals surface area contributed by atoms with Crippen molar-refractivity contribution in [3.63, 3.8) is 0 Å². The maximum absolute atomic E-state index is 13.5. The topological polar surface area (TPSA) is 56.3 Å². The van der Waals surface area contributed by atoms with Crippen LogP contribution in [0.15, 0.2) is 53.9 Å². The number of thiophene rings is 1. The Labute approximate surface area is 209 Å². The number of allylic oxidation sites excluding steroid dienone is 1. The van der Waals surface area contributed by atoms with Crippen molar-refractivity contribution in [2.24, 2.45) is 0 Å². The number of carbonyl (C=O) groups is 2. The number of hydrogen-bond acceptors (Lipinski definition) is 5. The highest BCUT2D eigenvalue weighted by atomic mass is 32.1. The van der Waals surface area contributed by atoms with Crippen LogP contribution in [0.25, 0.3) is 22.6 Å². The van der Waals surface area contributed by atoms with E-state index in [9.17, 15) is 9.59 Å². The number of hydrogen-bond donors (Lipinski definition) is 0. The number of ketones is 1. The number of Topliss-reactive ketones (excluding diaryl/α,β-unsaturated/α-hetero) is 1. The van der Waals surface area contributed by atoms with Gasteiger partial charge in [-0.2, -0.15) is 0 Å². The molecule has 0 aliphatic heterocycles. The zero-order chi connectivity index (χ0) is 24.5. The number of fused-ring (bicyclic) bond motifs is 2. The molecule has 4 aromatic rings. The van der Waals surface area contributed by atoms with E-state index in [0.717, 1.165) is 63.7 Å². The number of nitrogens with zero attached hydrogens (tertiary/aromatic N) is 1. The van der Waals surface area contributed by atoms with Gasteiger partial charge in [0.05, 0.1) is 16.8 Å². The Morgan fingerprint density at radius 3 is 2.60 bits per heavy atom.